The molecule has 1 N–H and O–H groups in total. The molecule has 18 heavy (non-hydrogen) atoms. The van der Waals surface area contributed by atoms with Crippen LogP contribution in [0.2, 0.25) is 0 Å². The van der Waals surface area contributed by atoms with E-state index in [-0.39, 0.29) is 17.8 Å². The molecule has 0 aromatic heterocycles. The number of nitro benzene ring substituents is 2. The highest BCUT2D eigenvalue weighted by Gasteiger charge is 2.27. The molecule has 0 aliphatic rings. The van der Waals surface area contributed by atoms with Gasteiger partial charge in [0.15, 0.2) is 5.69 Å². The molecular formula is C9H8ClN3O5. The Labute approximate surface area is 106 Å². The number of carbonyl (C=O) groups is 1. The number of halogens is 1. The maximum Gasteiger partial charge on any atom is 0.300 e. The molecule has 0 saturated heterocycles. The molecule has 0 spiro atoms. The molecule has 1 aromatic carbocycles. The third kappa shape index (κ3) is 2.72. The largest absolute Gasteiger partial charge is 0.374 e. The second kappa shape index (κ2) is 5.41. The maximum atomic E-state index is 11.0. The number of hydrogen-bond donors (Lipinski definition) is 1. The Morgan fingerprint density at radius 1 is 1.28 bits per heavy atom. The van der Waals surface area contributed by atoms with Gasteiger partial charge in [-0.2, -0.15) is 0 Å². The van der Waals surface area contributed by atoms with E-state index in [1.807, 2.05) is 0 Å². The fourth-order valence-corrected chi connectivity index (χ4v) is 1.48. The molecule has 0 fully saturated rings. The van der Waals surface area contributed by atoms with Crippen LogP contribution in [0.1, 0.15) is 17.3 Å². The van der Waals surface area contributed by atoms with Gasteiger partial charge in [-0.05, 0) is 18.5 Å². The van der Waals surface area contributed by atoms with Crippen molar-refractivity contribution < 1.29 is 14.6 Å². The van der Waals surface area contributed by atoms with Crippen molar-refractivity contribution in [3.63, 3.8) is 0 Å². The lowest BCUT2D eigenvalue weighted by molar-refractivity contribution is -0.392. The van der Waals surface area contributed by atoms with Gasteiger partial charge in [0, 0.05) is 24.2 Å². The molecule has 0 radical (unpaired) electrons. The summed E-state index contributed by atoms with van der Waals surface area (Å²) in [5.74, 6) is 0. The summed E-state index contributed by atoms with van der Waals surface area (Å²) >= 11 is 5.18. The van der Waals surface area contributed by atoms with Gasteiger partial charge in [-0.1, -0.05) is 0 Å². The van der Waals surface area contributed by atoms with Crippen molar-refractivity contribution in [2.45, 2.75) is 6.92 Å². The number of anilines is 1. The van der Waals surface area contributed by atoms with Gasteiger partial charge in [-0.15, -0.1) is 0 Å². The summed E-state index contributed by atoms with van der Waals surface area (Å²) in [6.45, 7) is 1.89. The number of rotatable bonds is 5. The van der Waals surface area contributed by atoms with E-state index in [1.165, 1.54) is 0 Å². The zero-order valence-electron chi connectivity index (χ0n) is 9.18. The summed E-state index contributed by atoms with van der Waals surface area (Å²) < 4.78 is 0. The average molecular weight is 274 g/mol. The average Bonchev–Trinajstić information content (AvgIpc) is 2.28. The zero-order chi connectivity index (χ0) is 13.9. The minimum Gasteiger partial charge on any atom is -0.374 e. The van der Waals surface area contributed by atoms with Crippen molar-refractivity contribution in [3.8, 4) is 0 Å². The predicted molar refractivity (Wildman–Crippen MR) is 64.1 cm³/mol. The van der Waals surface area contributed by atoms with E-state index < -0.39 is 26.5 Å². The van der Waals surface area contributed by atoms with Crippen molar-refractivity contribution in [1.29, 1.82) is 0 Å². The Morgan fingerprint density at radius 2 is 1.72 bits per heavy atom. The molecule has 0 saturated carbocycles. The summed E-state index contributed by atoms with van der Waals surface area (Å²) in [5.41, 5.74) is -1.66. The van der Waals surface area contributed by atoms with Crippen molar-refractivity contribution in [3.05, 3.63) is 37.9 Å². The summed E-state index contributed by atoms with van der Waals surface area (Å²) in [4.78, 5) is 31.0. The minimum atomic E-state index is -0.996. The first-order valence-corrected chi connectivity index (χ1v) is 5.16. The van der Waals surface area contributed by atoms with Crippen LogP contribution >= 0.6 is 11.6 Å². The van der Waals surface area contributed by atoms with E-state index in [2.05, 4.69) is 5.32 Å². The van der Waals surface area contributed by atoms with Crippen molar-refractivity contribution in [1.82, 2.24) is 0 Å². The van der Waals surface area contributed by atoms with Gasteiger partial charge in [-0.3, -0.25) is 25.0 Å². The third-order valence-electron chi connectivity index (χ3n) is 2.07. The summed E-state index contributed by atoms with van der Waals surface area (Å²) in [6.07, 6.45) is 0. The fourth-order valence-electron chi connectivity index (χ4n) is 1.37. The van der Waals surface area contributed by atoms with Crippen molar-refractivity contribution in [2.75, 3.05) is 11.9 Å². The van der Waals surface area contributed by atoms with Crippen LogP contribution in [0.15, 0.2) is 12.1 Å². The molecule has 8 nitrogen and oxygen atoms in total. The van der Waals surface area contributed by atoms with Gasteiger partial charge >= 0.3 is 0 Å². The van der Waals surface area contributed by atoms with E-state index in [4.69, 9.17) is 11.6 Å². The van der Waals surface area contributed by atoms with Crippen molar-refractivity contribution >= 4 is 33.9 Å². The Balaban J connectivity index is 3.59. The second-order valence-electron chi connectivity index (χ2n) is 3.21. The topological polar surface area (TPSA) is 115 Å². The minimum absolute atomic E-state index is 0.242. The number of benzene rings is 1. The van der Waals surface area contributed by atoms with E-state index in [9.17, 15) is 25.0 Å². The molecule has 9 heteroatoms. The normalized spacial score (nSPS) is 9.89. The van der Waals surface area contributed by atoms with Gasteiger partial charge < -0.3 is 5.32 Å². The maximum absolute atomic E-state index is 11.0. The van der Waals surface area contributed by atoms with E-state index in [1.54, 1.807) is 6.92 Å². The fraction of sp³-hybridized carbons (Fsp3) is 0.222. The van der Waals surface area contributed by atoms with Crippen LogP contribution in [0, 0.1) is 20.2 Å². The van der Waals surface area contributed by atoms with Crippen LogP contribution in [0.25, 0.3) is 0 Å². The predicted octanol–water partition coefficient (Wildman–Crippen LogP) is 2.31. The molecule has 0 atom stereocenters. The lowest BCUT2D eigenvalue weighted by Crippen LogP contribution is -2.06. The molecule has 0 heterocycles. The Bertz CT molecular complexity index is 496. The Hall–Kier alpha value is -2.22. The van der Waals surface area contributed by atoms with Crippen LogP contribution in [-0.4, -0.2) is 21.6 Å². The van der Waals surface area contributed by atoms with Gasteiger partial charge in [-0.25, -0.2) is 0 Å². The van der Waals surface area contributed by atoms with Crippen LogP contribution in [0.3, 0.4) is 0 Å². The number of hydrogen-bond acceptors (Lipinski definition) is 6. The smallest absolute Gasteiger partial charge is 0.300 e. The highest BCUT2D eigenvalue weighted by atomic mass is 35.5. The zero-order valence-corrected chi connectivity index (χ0v) is 9.93. The second-order valence-corrected chi connectivity index (χ2v) is 3.55. The number of nitrogens with one attached hydrogen (secondary N) is 1. The highest BCUT2D eigenvalue weighted by molar-refractivity contribution is 6.67. The van der Waals surface area contributed by atoms with Gasteiger partial charge in [0.2, 0.25) is 0 Å². The number of nitro groups is 2. The van der Waals surface area contributed by atoms with Crippen LogP contribution in [0.4, 0.5) is 17.1 Å². The first-order chi connectivity index (χ1) is 8.38. The number of carbonyl (C=O) groups excluding carboxylic acids is 1. The Morgan fingerprint density at radius 3 is 2.00 bits per heavy atom. The SMILES string of the molecule is CCNc1c([N+](=O)[O-])cc(C(=O)Cl)cc1[N+](=O)[O-]. The molecule has 1 aromatic rings. The quantitative estimate of drug-likeness (QED) is 0.500. The molecule has 1 rings (SSSR count). The molecule has 0 aliphatic carbocycles. The summed E-state index contributed by atoms with van der Waals surface area (Å²) in [6, 6.07) is 1.81. The third-order valence-corrected chi connectivity index (χ3v) is 2.29. The summed E-state index contributed by atoms with van der Waals surface area (Å²) in [5, 5.41) is 23.2. The molecule has 0 bridgehead atoms. The first-order valence-electron chi connectivity index (χ1n) is 4.79. The molecule has 96 valence electrons. The molecule has 0 amide bonds. The van der Waals surface area contributed by atoms with Crippen LogP contribution < -0.4 is 5.32 Å². The monoisotopic (exact) mass is 273 g/mol. The number of nitrogens with zero attached hydrogens (tertiary/aromatic N) is 2. The van der Waals surface area contributed by atoms with Crippen molar-refractivity contribution in [2.24, 2.45) is 0 Å². The molecule has 0 unspecified atom stereocenters. The van der Waals surface area contributed by atoms with Gasteiger partial charge in [0.1, 0.15) is 0 Å². The molecular weight excluding hydrogens is 266 g/mol. The highest BCUT2D eigenvalue weighted by Crippen LogP contribution is 2.35. The lowest BCUT2D eigenvalue weighted by Gasteiger charge is -2.06. The van der Waals surface area contributed by atoms with Gasteiger partial charge in [0.25, 0.3) is 16.6 Å². The van der Waals surface area contributed by atoms with Gasteiger partial charge in [0.05, 0.1) is 9.85 Å². The standard InChI is InChI=1S/C9H8ClN3O5/c1-2-11-8-6(12(15)16)3-5(9(10)14)4-7(8)13(17)18/h3-4,11H,2H2,1H3. The first kappa shape index (κ1) is 13.8. The lowest BCUT2D eigenvalue weighted by atomic mass is 10.1. The van der Waals surface area contributed by atoms with E-state index in [0.29, 0.717) is 0 Å². The van der Waals surface area contributed by atoms with E-state index in [0.717, 1.165) is 12.1 Å². The molecule has 0 aliphatic heterocycles. The van der Waals surface area contributed by atoms with Crippen LogP contribution in [0.5, 0.6) is 0 Å². The Kier molecular flexibility index (Phi) is 4.16. The van der Waals surface area contributed by atoms with Crippen LogP contribution in [-0.2, 0) is 0 Å². The van der Waals surface area contributed by atoms with E-state index >= 15 is 0 Å². The summed E-state index contributed by atoms with van der Waals surface area (Å²) in [7, 11) is 0.